The van der Waals surface area contributed by atoms with E-state index in [1.54, 1.807) is 35.2 Å². The third-order valence-corrected chi connectivity index (χ3v) is 15.0. The molecule has 4 aliphatic heterocycles. The lowest BCUT2D eigenvalue weighted by molar-refractivity contribution is -0.139. The first-order valence-corrected chi connectivity index (χ1v) is 24.6. The van der Waals surface area contributed by atoms with E-state index in [2.05, 4.69) is 43.8 Å². The van der Waals surface area contributed by atoms with Gasteiger partial charge in [0, 0.05) is 81.3 Å². The fourth-order valence-electron chi connectivity index (χ4n) is 10.3. The van der Waals surface area contributed by atoms with E-state index in [4.69, 9.17) is 31.4 Å². The first kappa shape index (κ1) is 48.3. The molecule has 368 valence electrons. The molecule has 4 N–H and O–H groups in total. The Morgan fingerprint density at radius 2 is 1.71 bits per heavy atom. The summed E-state index contributed by atoms with van der Waals surface area (Å²) in [5, 5.41) is 40.0. The number of piperidine rings is 4. The number of nitrogens with one attached hydrogen (secondary N) is 3. The number of fused-ring (bicyclic) bond motifs is 1. The third kappa shape index (κ3) is 9.84. The monoisotopic (exact) mass is 973 g/mol. The van der Waals surface area contributed by atoms with E-state index < -0.39 is 17.6 Å². The largest absolute Gasteiger partial charge is 0.495 e. The van der Waals surface area contributed by atoms with Crippen LogP contribution in [0, 0.1) is 16.7 Å². The van der Waals surface area contributed by atoms with E-state index in [1.165, 1.54) is 13.3 Å². The van der Waals surface area contributed by atoms with E-state index in [0.717, 1.165) is 55.0 Å². The number of rotatable bonds is 13. The maximum atomic E-state index is 13.7. The number of halogens is 1. The van der Waals surface area contributed by atoms with Gasteiger partial charge in [-0.15, -0.1) is 0 Å². The number of aliphatic hydroxyl groups is 1. The van der Waals surface area contributed by atoms with Gasteiger partial charge in [-0.2, -0.15) is 15.5 Å². The number of amides is 4. The maximum absolute atomic E-state index is 13.7. The normalized spacial score (nSPS) is 19.5. The molecule has 70 heavy (non-hydrogen) atoms. The average Bonchev–Trinajstić information content (AvgIpc) is 4.03. The lowest BCUT2D eigenvalue weighted by Gasteiger charge is -2.41. The Labute approximate surface area is 411 Å². The van der Waals surface area contributed by atoms with Gasteiger partial charge in [0.25, 0.3) is 0 Å². The number of nitrogens with zero attached hydrogens (tertiary/aromatic N) is 10. The maximum Gasteiger partial charge on any atom is 0.249 e. The highest BCUT2D eigenvalue weighted by atomic mass is 35.5. The minimum atomic E-state index is -1.16. The van der Waals surface area contributed by atoms with E-state index in [0.29, 0.717) is 97.2 Å². The smallest absolute Gasteiger partial charge is 0.249 e. The van der Waals surface area contributed by atoms with Crippen LogP contribution >= 0.6 is 11.6 Å². The minimum Gasteiger partial charge on any atom is -0.495 e. The number of aromatic nitrogens is 6. The molecule has 4 fully saturated rings. The summed E-state index contributed by atoms with van der Waals surface area (Å²) in [4.78, 5) is 66.8. The molecule has 0 radical (unpaired) electrons. The van der Waals surface area contributed by atoms with Crippen molar-refractivity contribution in [1.82, 2.24) is 44.9 Å². The summed E-state index contributed by atoms with van der Waals surface area (Å²) in [6.07, 6.45) is 13.9. The number of imide groups is 1. The molecule has 0 spiro atoms. The van der Waals surface area contributed by atoms with Crippen molar-refractivity contribution in [3.63, 3.8) is 0 Å². The second-order valence-electron chi connectivity index (χ2n) is 19.5. The molecule has 19 nitrogen and oxygen atoms in total. The van der Waals surface area contributed by atoms with Crippen molar-refractivity contribution in [3.05, 3.63) is 65.8 Å². The van der Waals surface area contributed by atoms with Crippen LogP contribution < -0.4 is 30.5 Å². The number of methoxy groups -OCH3 is 1. The van der Waals surface area contributed by atoms with Gasteiger partial charge >= 0.3 is 0 Å². The van der Waals surface area contributed by atoms with Crippen LogP contribution in [0.3, 0.4) is 0 Å². The van der Waals surface area contributed by atoms with Crippen molar-refractivity contribution in [2.24, 2.45) is 5.41 Å². The molecular formula is C50H60ClN13O6. The van der Waals surface area contributed by atoms with Crippen LogP contribution in [0.15, 0.2) is 55.2 Å². The van der Waals surface area contributed by atoms with Gasteiger partial charge in [-0.1, -0.05) is 18.5 Å². The first-order valence-electron chi connectivity index (χ1n) is 24.3. The number of benzene rings is 1. The highest BCUT2D eigenvalue weighted by Crippen LogP contribution is 2.41. The van der Waals surface area contributed by atoms with E-state index in [-0.39, 0.29) is 48.1 Å². The van der Waals surface area contributed by atoms with Crippen molar-refractivity contribution in [3.8, 4) is 34.3 Å². The molecule has 4 aliphatic rings. The van der Waals surface area contributed by atoms with E-state index in [1.807, 2.05) is 41.8 Å². The quantitative estimate of drug-likeness (QED) is 0.107. The zero-order valence-electron chi connectivity index (χ0n) is 40.1. The summed E-state index contributed by atoms with van der Waals surface area (Å²) in [5.74, 6) is 0.664. The van der Waals surface area contributed by atoms with Crippen LogP contribution in [0.2, 0.25) is 5.02 Å². The fourth-order valence-corrected chi connectivity index (χ4v) is 10.6. The second-order valence-corrected chi connectivity index (χ2v) is 19.9. The Hall–Kier alpha value is -6.78. The predicted molar refractivity (Wildman–Crippen MR) is 263 cm³/mol. The molecular weight excluding hydrogens is 914 g/mol. The molecule has 0 bridgehead atoms. The Kier molecular flexibility index (Phi) is 13.7. The topological polar surface area (TPSA) is 228 Å². The van der Waals surface area contributed by atoms with E-state index in [9.17, 15) is 29.5 Å². The van der Waals surface area contributed by atoms with Gasteiger partial charge < -0.3 is 35.2 Å². The fraction of sp³-hybridized carbons (Fsp3) is 0.500. The number of nitriles is 1. The van der Waals surface area contributed by atoms with Gasteiger partial charge in [0.15, 0.2) is 0 Å². The molecule has 0 saturated carbocycles. The molecule has 1 aromatic carbocycles. The zero-order valence-corrected chi connectivity index (χ0v) is 40.8. The van der Waals surface area contributed by atoms with Crippen LogP contribution in [0.25, 0.3) is 28.0 Å². The molecule has 4 saturated heterocycles. The standard InChI is InChI=1S/C50H60ClN13O6/c1-5-49(48(68)56-31(2)3)12-18-61(19-13-49)42-8-6-32(26-53-42)45-46-33(25-52)27-55-64(46)30-39(58-45)34-28-54-63(29-34)35-10-16-62(17-11-35)44(66)24-50(69)14-20-60(21-15-50)40-23-41(70-4)38(22-36(40)51)57-37-7-9-43(65)59-47(37)67/h6,8,22-23,26-31,35,37,57,69H,5,7,9-21,24H2,1-4H3,(H,56,68)(H,59,65,67). The lowest BCUT2D eigenvalue weighted by atomic mass is 9.75. The number of anilines is 3. The van der Waals surface area contributed by atoms with Gasteiger partial charge in [-0.25, -0.2) is 14.5 Å². The number of pyridine rings is 1. The van der Waals surface area contributed by atoms with Crippen LogP contribution in [-0.4, -0.2) is 127 Å². The Morgan fingerprint density at radius 1 is 0.971 bits per heavy atom. The van der Waals surface area contributed by atoms with Gasteiger partial charge in [-0.05, 0) is 83.4 Å². The third-order valence-electron chi connectivity index (χ3n) is 14.7. The zero-order chi connectivity index (χ0) is 49.3. The number of hydrogen-bond donors (Lipinski definition) is 4. The number of carbonyl (C=O) groups is 4. The van der Waals surface area contributed by atoms with Gasteiger partial charge in [-0.3, -0.25) is 29.2 Å². The van der Waals surface area contributed by atoms with Crippen LogP contribution in [0.4, 0.5) is 17.2 Å². The first-order chi connectivity index (χ1) is 33.7. The predicted octanol–water partition coefficient (Wildman–Crippen LogP) is 5.51. The summed E-state index contributed by atoms with van der Waals surface area (Å²) in [6, 6.07) is 9.25. The molecule has 20 heteroatoms. The van der Waals surface area contributed by atoms with Crippen LogP contribution in [0.1, 0.15) is 96.6 Å². The van der Waals surface area contributed by atoms with Crippen LogP contribution in [0.5, 0.6) is 5.75 Å². The molecule has 1 atom stereocenters. The minimum absolute atomic E-state index is 0.0233. The van der Waals surface area contributed by atoms with Crippen molar-refractivity contribution in [2.45, 2.75) is 109 Å². The van der Waals surface area contributed by atoms with Crippen LogP contribution in [-0.2, 0) is 19.2 Å². The highest BCUT2D eigenvalue weighted by Gasteiger charge is 2.41. The Balaban J connectivity index is 0.806. The second kappa shape index (κ2) is 19.9. The number of hydrogen-bond acceptors (Lipinski definition) is 14. The van der Waals surface area contributed by atoms with Gasteiger partial charge in [0.1, 0.15) is 34.8 Å². The van der Waals surface area contributed by atoms with Crippen molar-refractivity contribution >= 4 is 57.9 Å². The SMILES string of the molecule is CCC1(C(=O)NC(C)C)CCN(c2ccc(-c3nc(-c4cnn(C5CCN(C(=O)CC6(O)CCN(c7cc(OC)c(NC8CCC(=O)NC8=O)cc7Cl)CC6)CC5)c4)cn4ncc(C#N)c34)cn2)CC1. The summed E-state index contributed by atoms with van der Waals surface area (Å²) in [7, 11) is 1.53. The number of ether oxygens (including phenoxy) is 1. The molecule has 1 unspecified atom stereocenters. The summed E-state index contributed by atoms with van der Waals surface area (Å²) in [6.45, 7) is 9.51. The van der Waals surface area contributed by atoms with Gasteiger partial charge in [0.05, 0.1) is 77.0 Å². The Bertz CT molecular complexity index is 2810. The van der Waals surface area contributed by atoms with Gasteiger partial charge in [0.2, 0.25) is 23.6 Å². The highest BCUT2D eigenvalue weighted by molar-refractivity contribution is 6.33. The van der Waals surface area contributed by atoms with Crippen molar-refractivity contribution in [2.75, 3.05) is 61.5 Å². The summed E-state index contributed by atoms with van der Waals surface area (Å²) in [5.41, 5.74) is 3.42. The molecule has 0 aliphatic carbocycles. The lowest BCUT2D eigenvalue weighted by Crippen LogP contribution is -2.50. The number of likely N-dealkylation sites (tertiary alicyclic amines) is 1. The van der Waals surface area contributed by atoms with Crippen molar-refractivity contribution in [1.29, 1.82) is 5.26 Å². The summed E-state index contributed by atoms with van der Waals surface area (Å²) >= 11 is 6.77. The number of carbonyl (C=O) groups excluding carboxylic acids is 4. The van der Waals surface area contributed by atoms with Crippen molar-refractivity contribution < 1.29 is 29.0 Å². The molecule has 4 aromatic heterocycles. The molecule has 4 amide bonds. The molecule has 9 rings (SSSR count). The summed E-state index contributed by atoms with van der Waals surface area (Å²) < 4.78 is 9.25. The van der Waals surface area contributed by atoms with E-state index >= 15 is 0 Å². The molecule has 5 aromatic rings. The average molecular weight is 975 g/mol. The molecule has 8 heterocycles. The Morgan fingerprint density at radius 3 is 2.37 bits per heavy atom.